The smallest absolute Gasteiger partial charge is 0.131 e. The van der Waals surface area contributed by atoms with Gasteiger partial charge in [-0.15, -0.1) is 0 Å². The molecule has 4 heteroatoms. The minimum absolute atomic E-state index is 0.503. The first kappa shape index (κ1) is 12.1. The first-order valence-corrected chi connectivity index (χ1v) is 6.50. The molecule has 3 rings (SSSR count). The van der Waals surface area contributed by atoms with Gasteiger partial charge in [0.25, 0.3) is 0 Å². The van der Waals surface area contributed by atoms with E-state index >= 15 is 0 Å². The highest BCUT2D eigenvalue weighted by atomic mass is 35.5. The predicted octanol–water partition coefficient (Wildman–Crippen LogP) is 3.84. The molecule has 1 N–H and O–H groups in total. The number of nitrogens with zero attached hydrogens (tertiary/aromatic N) is 2. The number of aromatic nitrogens is 2. The maximum absolute atomic E-state index is 5.87. The first-order chi connectivity index (χ1) is 9.24. The molecule has 0 spiro atoms. The highest BCUT2D eigenvalue weighted by Crippen LogP contribution is 2.21. The van der Waals surface area contributed by atoms with Crippen molar-refractivity contribution < 1.29 is 0 Å². The maximum atomic E-state index is 5.87. The molecular weight excluding hydrogens is 258 g/mol. The van der Waals surface area contributed by atoms with Crippen LogP contribution in [0.1, 0.15) is 5.56 Å². The van der Waals surface area contributed by atoms with Crippen molar-refractivity contribution in [2.24, 2.45) is 7.05 Å². The van der Waals surface area contributed by atoms with E-state index < -0.39 is 0 Å². The molecule has 0 aliphatic heterocycles. The fourth-order valence-electron chi connectivity index (χ4n) is 2.28. The Morgan fingerprint density at radius 1 is 1.26 bits per heavy atom. The summed E-state index contributed by atoms with van der Waals surface area (Å²) in [6, 6.07) is 12.1. The van der Waals surface area contributed by atoms with Crippen molar-refractivity contribution in [3.05, 3.63) is 59.5 Å². The van der Waals surface area contributed by atoms with E-state index in [0.717, 1.165) is 12.2 Å². The van der Waals surface area contributed by atoms with E-state index in [1.165, 1.54) is 16.5 Å². The molecule has 96 valence electrons. The number of nitrogens with one attached hydrogen (secondary N) is 1. The molecule has 0 aliphatic carbocycles. The van der Waals surface area contributed by atoms with Gasteiger partial charge in [-0.25, -0.2) is 4.98 Å². The van der Waals surface area contributed by atoms with E-state index in [0.29, 0.717) is 5.15 Å². The van der Waals surface area contributed by atoms with Gasteiger partial charge < -0.3 is 9.88 Å². The van der Waals surface area contributed by atoms with Crippen LogP contribution < -0.4 is 5.32 Å². The van der Waals surface area contributed by atoms with E-state index in [4.69, 9.17) is 11.6 Å². The van der Waals surface area contributed by atoms with Crippen LogP contribution in [0.4, 0.5) is 5.69 Å². The van der Waals surface area contributed by atoms with E-state index in [1.807, 2.05) is 12.1 Å². The second-order valence-corrected chi connectivity index (χ2v) is 4.89. The number of anilines is 1. The first-order valence-electron chi connectivity index (χ1n) is 6.12. The Labute approximate surface area is 116 Å². The normalized spacial score (nSPS) is 10.8. The average molecular weight is 272 g/mol. The summed E-state index contributed by atoms with van der Waals surface area (Å²) < 4.78 is 2.14. The molecule has 0 saturated heterocycles. The zero-order valence-corrected chi connectivity index (χ0v) is 11.4. The van der Waals surface area contributed by atoms with Crippen molar-refractivity contribution in [1.82, 2.24) is 9.55 Å². The van der Waals surface area contributed by atoms with Gasteiger partial charge in [-0.05, 0) is 23.8 Å². The van der Waals surface area contributed by atoms with Crippen molar-refractivity contribution >= 4 is 28.2 Å². The van der Waals surface area contributed by atoms with Crippen LogP contribution in [-0.4, -0.2) is 9.55 Å². The summed E-state index contributed by atoms with van der Waals surface area (Å²) in [5, 5.41) is 5.15. The molecule has 0 bridgehead atoms. The molecule has 0 aliphatic rings. The number of fused-ring (bicyclic) bond motifs is 1. The molecule has 3 nitrogen and oxygen atoms in total. The van der Waals surface area contributed by atoms with Crippen molar-refractivity contribution in [3.63, 3.8) is 0 Å². The Kier molecular flexibility index (Phi) is 3.13. The SMILES string of the molecule is Cn1cc(CNc2ccnc(Cl)c2)c2ccccc21. The minimum Gasteiger partial charge on any atom is -0.381 e. The molecule has 1 aromatic carbocycles. The van der Waals surface area contributed by atoms with Crippen LogP contribution in [-0.2, 0) is 13.6 Å². The van der Waals surface area contributed by atoms with Gasteiger partial charge in [0.15, 0.2) is 0 Å². The summed E-state index contributed by atoms with van der Waals surface area (Å²) in [4.78, 5) is 3.97. The fraction of sp³-hybridized carbons (Fsp3) is 0.133. The van der Waals surface area contributed by atoms with E-state index in [9.17, 15) is 0 Å². The third-order valence-electron chi connectivity index (χ3n) is 3.19. The molecule has 0 unspecified atom stereocenters. The minimum atomic E-state index is 0.503. The molecular formula is C15H14ClN3. The van der Waals surface area contributed by atoms with Gasteiger partial charge in [-0.2, -0.15) is 0 Å². The van der Waals surface area contributed by atoms with Gasteiger partial charge in [-0.3, -0.25) is 0 Å². The second kappa shape index (κ2) is 4.94. The van der Waals surface area contributed by atoms with Crippen LogP contribution in [0.25, 0.3) is 10.9 Å². The Bertz CT molecular complexity index is 718. The number of benzene rings is 1. The number of halogens is 1. The van der Waals surface area contributed by atoms with Gasteiger partial charge in [0.05, 0.1) is 0 Å². The van der Waals surface area contributed by atoms with Gasteiger partial charge in [0.2, 0.25) is 0 Å². The molecule has 2 heterocycles. The Morgan fingerprint density at radius 3 is 2.95 bits per heavy atom. The maximum Gasteiger partial charge on any atom is 0.131 e. The zero-order valence-electron chi connectivity index (χ0n) is 10.6. The monoisotopic (exact) mass is 271 g/mol. The lowest BCUT2D eigenvalue weighted by atomic mass is 10.2. The molecule has 0 fully saturated rings. The Balaban J connectivity index is 1.86. The van der Waals surface area contributed by atoms with Crippen LogP contribution in [0.2, 0.25) is 5.15 Å². The summed E-state index contributed by atoms with van der Waals surface area (Å²) in [7, 11) is 2.06. The Morgan fingerprint density at radius 2 is 2.11 bits per heavy atom. The second-order valence-electron chi connectivity index (χ2n) is 4.50. The van der Waals surface area contributed by atoms with Crippen LogP contribution >= 0.6 is 11.6 Å². The number of pyridine rings is 1. The summed E-state index contributed by atoms with van der Waals surface area (Å²) in [6.45, 7) is 0.766. The van der Waals surface area contributed by atoms with Crippen LogP contribution in [0.15, 0.2) is 48.8 Å². The van der Waals surface area contributed by atoms with Gasteiger partial charge in [0.1, 0.15) is 5.15 Å². The van der Waals surface area contributed by atoms with Crippen LogP contribution in [0, 0.1) is 0 Å². The topological polar surface area (TPSA) is 29.9 Å². The summed E-state index contributed by atoms with van der Waals surface area (Å²) in [5.41, 5.74) is 3.49. The fourth-order valence-corrected chi connectivity index (χ4v) is 2.45. The third kappa shape index (κ3) is 2.42. The highest BCUT2D eigenvalue weighted by molar-refractivity contribution is 6.29. The van der Waals surface area contributed by atoms with Crippen LogP contribution in [0.5, 0.6) is 0 Å². The van der Waals surface area contributed by atoms with E-state index in [1.54, 1.807) is 6.20 Å². The third-order valence-corrected chi connectivity index (χ3v) is 3.40. The molecule has 19 heavy (non-hydrogen) atoms. The number of para-hydroxylation sites is 1. The van der Waals surface area contributed by atoms with E-state index in [2.05, 4.69) is 52.4 Å². The quantitative estimate of drug-likeness (QED) is 0.734. The van der Waals surface area contributed by atoms with Crippen molar-refractivity contribution in [2.75, 3.05) is 5.32 Å². The molecule has 0 saturated carbocycles. The van der Waals surface area contributed by atoms with Gasteiger partial charge >= 0.3 is 0 Å². The van der Waals surface area contributed by atoms with Gasteiger partial charge in [0, 0.05) is 42.6 Å². The molecule has 0 radical (unpaired) electrons. The summed E-state index contributed by atoms with van der Waals surface area (Å²) in [6.07, 6.45) is 3.86. The standard InChI is InChI=1S/C15H14ClN3/c1-19-10-11(13-4-2-3-5-14(13)19)9-18-12-6-7-17-15(16)8-12/h2-8,10H,9H2,1H3,(H,17,18). The molecule has 3 aromatic rings. The highest BCUT2D eigenvalue weighted by Gasteiger charge is 2.05. The number of hydrogen-bond donors (Lipinski definition) is 1. The molecule has 2 aromatic heterocycles. The average Bonchev–Trinajstić information content (AvgIpc) is 2.74. The summed E-state index contributed by atoms with van der Waals surface area (Å²) >= 11 is 5.87. The van der Waals surface area contributed by atoms with Crippen molar-refractivity contribution in [3.8, 4) is 0 Å². The van der Waals surface area contributed by atoms with E-state index in [-0.39, 0.29) is 0 Å². The largest absolute Gasteiger partial charge is 0.381 e. The number of aryl methyl sites for hydroxylation is 1. The lowest BCUT2D eigenvalue weighted by molar-refractivity contribution is 0.955. The zero-order chi connectivity index (χ0) is 13.2. The summed E-state index contributed by atoms with van der Waals surface area (Å²) in [5.74, 6) is 0. The van der Waals surface area contributed by atoms with Crippen LogP contribution in [0.3, 0.4) is 0 Å². The van der Waals surface area contributed by atoms with Crippen molar-refractivity contribution in [1.29, 1.82) is 0 Å². The molecule has 0 amide bonds. The lowest BCUT2D eigenvalue weighted by Gasteiger charge is -2.05. The van der Waals surface area contributed by atoms with Gasteiger partial charge in [-0.1, -0.05) is 29.8 Å². The lowest BCUT2D eigenvalue weighted by Crippen LogP contribution is -1.98. The Hall–Kier alpha value is -2.00. The van der Waals surface area contributed by atoms with Crippen molar-refractivity contribution in [2.45, 2.75) is 6.54 Å². The molecule has 0 atom stereocenters. The number of hydrogen-bond acceptors (Lipinski definition) is 2. The number of rotatable bonds is 3. The predicted molar refractivity (Wildman–Crippen MR) is 79.5 cm³/mol.